The molecule has 2 nitrogen and oxygen atoms in total. The molecular weight excluding hydrogens is 123 g/mol. The first-order valence-corrected chi connectivity index (χ1v) is 2.23. The molecule has 0 bridgehead atoms. The van der Waals surface area contributed by atoms with Gasteiger partial charge >= 0.3 is 0 Å². The fraction of sp³-hybridized carbons (Fsp3) is 0. The molecular formula is C6H4N2Na. The van der Waals surface area contributed by atoms with Crippen molar-refractivity contribution in [2.75, 3.05) is 0 Å². The van der Waals surface area contributed by atoms with E-state index >= 15 is 0 Å². The van der Waals surface area contributed by atoms with Gasteiger partial charge in [-0.1, -0.05) is 0 Å². The summed E-state index contributed by atoms with van der Waals surface area (Å²) in [5, 5.41) is 8.26. The van der Waals surface area contributed by atoms with Gasteiger partial charge in [-0.25, -0.2) is 0 Å². The Labute approximate surface area is 75.8 Å². The number of hydrogen-bond acceptors (Lipinski definition) is 2. The van der Waals surface area contributed by atoms with Crippen LogP contribution in [0.4, 0.5) is 0 Å². The second-order valence-corrected chi connectivity index (χ2v) is 1.35. The van der Waals surface area contributed by atoms with Crippen molar-refractivity contribution in [1.82, 2.24) is 4.98 Å². The summed E-state index contributed by atoms with van der Waals surface area (Å²) in [7, 11) is 0. The predicted octanol–water partition coefficient (Wildman–Crippen LogP) is 0.572. The summed E-state index contributed by atoms with van der Waals surface area (Å²) in [6.45, 7) is 0. The zero-order valence-electron chi connectivity index (χ0n) is 5.20. The maximum atomic E-state index is 8.26. The minimum Gasteiger partial charge on any atom is -0.265 e. The number of nitriles is 1. The summed E-state index contributed by atoms with van der Waals surface area (Å²) in [4.78, 5) is 3.74. The molecule has 0 saturated heterocycles. The Bertz CT molecular complexity index is 202. The van der Waals surface area contributed by atoms with Crippen molar-refractivity contribution in [1.29, 1.82) is 5.26 Å². The van der Waals surface area contributed by atoms with Gasteiger partial charge in [0.1, 0.15) is 0 Å². The van der Waals surface area contributed by atoms with E-state index < -0.39 is 0 Å². The first-order valence-electron chi connectivity index (χ1n) is 2.23. The molecule has 9 heavy (non-hydrogen) atoms. The fourth-order valence-electron chi connectivity index (χ4n) is 0.426. The Hall–Kier alpha value is -0.360. The van der Waals surface area contributed by atoms with E-state index in [2.05, 4.69) is 4.98 Å². The van der Waals surface area contributed by atoms with Gasteiger partial charge in [0.15, 0.2) is 0 Å². The Kier molecular flexibility index (Phi) is 4.33. The van der Waals surface area contributed by atoms with E-state index in [1.165, 1.54) is 0 Å². The molecule has 0 N–H and O–H groups in total. The van der Waals surface area contributed by atoms with Gasteiger partial charge in [0.2, 0.25) is 0 Å². The molecule has 0 fully saturated rings. The van der Waals surface area contributed by atoms with E-state index in [-0.39, 0.29) is 29.6 Å². The Morgan fingerprint density at radius 3 is 2.22 bits per heavy atom. The van der Waals surface area contributed by atoms with Gasteiger partial charge < -0.3 is 0 Å². The second kappa shape index (κ2) is 4.51. The van der Waals surface area contributed by atoms with Crippen LogP contribution in [0.25, 0.3) is 0 Å². The summed E-state index contributed by atoms with van der Waals surface area (Å²) in [6.07, 6.45) is 3.19. The van der Waals surface area contributed by atoms with Gasteiger partial charge in [0, 0.05) is 42.0 Å². The molecule has 1 rings (SSSR count). The standard InChI is InChI=1S/C6H4N2.Na/c7-5-6-1-3-8-4-2-6;/h1-4H;. The number of pyridine rings is 1. The largest absolute Gasteiger partial charge is 0.265 e. The summed E-state index contributed by atoms with van der Waals surface area (Å²) in [6, 6.07) is 5.32. The van der Waals surface area contributed by atoms with Gasteiger partial charge in [-0.15, -0.1) is 0 Å². The summed E-state index contributed by atoms with van der Waals surface area (Å²) < 4.78 is 0. The second-order valence-electron chi connectivity index (χ2n) is 1.35. The molecule has 0 spiro atoms. The van der Waals surface area contributed by atoms with Crippen LogP contribution in [0.15, 0.2) is 24.5 Å². The molecule has 1 aromatic heterocycles. The first-order chi connectivity index (χ1) is 3.93. The van der Waals surface area contributed by atoms with E-state index in [0.717, 1.165) is 0 Å². The molecule has 0 saturated carbocycles. The molecule has 1 aromatic rings. The van der Waals surface area contributed by atoms with Crippen molar-refractivity contribution in [3.8, 4) is 6.07 Å². The van der Waals surface area contributed by atoms with Crippen molar-refractivity contribution >= 4 is 29.6 Å². The number of rotatable bonds is 0. The SMILES string of the molecule is N#Cc1ccncc1.[Na]. The molecule has 0 atom stereocenters. The van der Waals surface area contributed by atoms with Crippen LogP contribution >= 0.6 is 0 Å². The van der Waals surface area contributed by atoms with Crippen LogP contribution in [0.1, 0.15) is 5.56 Å². The Balaban J connectivity index is 0.000000640. The summed E-state index contributed by atoms with van der Waals surface area (Å²) in [5.74, 6) is 0. The summed E-state index contributed by atoms with van der Waals surface area (Å²) >= 11 is 0. The van der Waals surface area contributed by atoms with E-state index in [4.69, 9.17) is 5.26 Å². The average molecular weight is 127 g/mol. The Morgan fingerprint density at radius 1 is 1.33 bits per heavy atom. The van der Waals surface area contributed by atoms with Gasteiger partial charge in [-0.05, 0) is 12.1 Å². The van der Waals surface area contributed by atoms with Crippen LogP contribution in [-0.2, 0) is 0 Å². The van der Waals surface area contributed by atoms with Gasteiger partial charge in [0.05, 0.1) is 11.6 Å². The van der Waals surface area contributed by atoms with Crippen LogP contribution in [0.3, 0.4) is 0 Å². The molecule has 39 valence electrons. The molecule has 0 amide bonds. The fourth-order valence-corrected chi connectivity index (χ4v) is 0.426. The van der Waals surface area contributed by atoms with Gasteiger partial charge in [-0.2, -0.15) is 5.26 Å². The van der Waals surface area contributed by atoms with Crippen molar-refractivity contribution < 1.29 is 0 Å². The maximum absolute atomic E-state index is 8.26. The summed E-state index contributed by atoms with van der Waals surface area (Å²) in [5.41, 5.74) is 0.653. The van der Waals surface area contributed by atoms with Crippen LogP contribution in [-0.4, -0.2) is 34.5 Å². The normalized spacial score (nSPS) is 7.00. The quantitative estimate of drug-likeness (QED) is 0.478. The number of nitrogens with zero attached hydrogens (tertiary/aromatic N) is 2. The van der Waals surface area contributed by atoms with E-state index in [1.54, 1.807) is 24.5 Å². The van der Waals surface area contributed by atoms with Crippen LogP contribution < -0.4 is 0 Å². The van der Waals surface area contributed by atoms with Crippen molar-refractivity contribution in [2.45, 2.75) is 0 Å². The predicted molar refractivity (Wildman–Crippen MR) is 34.7 cm³/mol. The van der Waals surface area contributed by atoms with E-state index in [1.807, 2.05) is 6.07 Å². The van der Waals surface area contributed by atoms with Crippen LogP contribution in [0, 0.1) is 11.3 Å². The molecule has 1 heterocycles. The van der Waals surface area contributed by atoms with Crippen LogP contribution in [0.2, 0.25) is 0 Å². The molecule has 0 unspecified atom stereocenters. The first kappa shape index (κ1) is 8.64. The topological polar surface area (TPSA) is 36.7 Å². The zero-order chi connectivity index (χ0) is 5.82. The van der Waals surface area contributed by atoms with Crippen molar-refractivity contribution in [3.05, 3.63) is 30.1 Å². The number of aromatic nitrogens is 1. The maximum Gasteiger partial charge on any atom is 0.0992 e. The van der Waals surface area contributed by atoms with Crippen LogP contribution in [0.5, 0.6) is 0 Å². The van der Waals surface area contributed by atoms with E-state index in [9.17, 15) is 0 Å². The molecule has 0 aliphatic carbocycles. The molecule has 1 radical (unpaired) electrons. The van der Waals surface area contributed by atoms with Gasteiger partial charge in [-0.3, -0.25) is 4.98 Å². The number of hydrogen-bond donors (Lipinski definition) is 0. The zero-order valence-corrected chi connectivity index (χ0v) is 7.20. The molecule has 3 heteroatoms. The third-order valence-electron chi connectivity index (χ3n) is 0.809. The minimum atomic E-state index is 0. The van der Waals surface area contributed by atoms with E-state index in [0.29, 0.717) is 5.56 Å². The van der Waals surface area contributed by atoms with Crippen molar-refractivity contribution in [3.63, 3.8) is 0 Å². The Morgan fingerprint density at radius 2 is 1.89 bits per heavy atom. The smallest absolute Gasteiger partial charge is 0.0992 e. The minimum absolute atomic E-state index is 0. The average Bonchev–Trinajstić information content (AvgIpc) is 1.90. The third kappa shape index (κ3) is 2.62. The molecule has 0 aliphatic rings. The molecule has 0 aromatic carbocycles. The van der Waals surface area contributed by atoms with Gasteiger partial charge in [0.25, 0.3) is 0 Å². The molecule has 0 aliphatic heterocycles. The monoisotopic (exact) mass is 127 g/mol. The third-order valence-corrected chi connectivity index (χ3v) is 0.809. The van der Waals surface area contributed by atoms with Crippen molar-refractivity contribution in [2.24, 2.45) is 0 Å².